The average Bonchev–Trinajstić information content (AvgIpc) is 3.02. The summed E-state index contributed by atoms with van der Waals surface area (Å²) in [5, 5.41) is 10.5. The molecule has 0 unspecified atom stereocenters. The number of ketones is 2. The molecular formula is C24H36O6. The third-order valence-electron chi connectivity index (χ3n) is 9.45. The van der Waals surface area contributed by atoms with E-state index in [1.807, 2.05) is 0 Å². The molecule has 0 bridgehead atoms. The van der Waals surface area contributed by atoms with Crippen molar-refractivity contribution in [3.05, 3.63) is 0 Å². The summed E-state index contributed by atoms with van der Waals surface area (Å²) in [7, 11) is 1.65. The van der Waals surface area contributed by atoms with Crippen LogP contribution in [0, 0.1) is 40.4 Å². The van der Waals surface area contributed by atoms with Gasteiger partial charge in [-0.2, -0.15) is 0 Å². The number of esters is 1. The highest BCUT2D eigenvalue weighted by Gasteiger charge is 2.64. The van der Waals surface area contributed by atoms with Crippen molar-refractivity contribution in [2.45, 2.75) is 77.9 Å². The van der Waals surface area contributed by atoms with Gasteiger partial charge in [0.1, 0.15) is 12.4 Å². The molecule has 4 fully saturated rings. The zero-order valence-electron chi connectivity index (χ0n) is 18.7. The van der Waals surface area contributed by atoms with E-state index in [1.165, 1.54) is 6.92 Å². The standard InChI is InChI=1S/C24H36O6/c1-13(25)30-12-20(28)17-8-7-16-15-6-5-14-9-18(26)21(29-4)11-23(14,2)22(15)19(27)10-24(16,17)3/h14-18,21-22,26H,5-12H2,1-4H3/t14-,15-,16-,17+,18-,21-,22+,23-,24-/m0/s1. The third kappa shape index (κ3) is 3.26. The summed E-state index contributed by atoms with van der Waals surface area (Å²) in [6, 6.07) is 0. The summed E-state index contributed by atoms with van der Waals surface area (Å²) in [6.45, 7) is 5.49. The number of fused-ring (bicyclic) bond motifs is 5. The molecule has 0 spiro atoms. The van der Waals surface area contributed by atoms with Crippen LogP contribution in [0.5, 0.6) is 0 Å². The second kappa shape index (κ2) is 7.70. The smallest absolute Gasteiger partial charge is 0.303 e. The van der Waals surface area contributed by atoms with Crippen LogP contribution >= 0.6 is 0 Å². The second-order valence-electron chi connectivity index (χ2n) is 10.8. The molecule has 1 N–H and O–H groups in total. The van der Waals surface area contributed by atoms with Crippen molar-refractivity contribution in [1.29, 1.82) is 0 Å². The quantitative estimate of drug-likeness (QED) is 0.704. The predicted molar refractivity (Wildman–Crippen MR) is 109 cm³/mol. The molecular weight excluding hydrogens is 384 g/mol. The van der Waals surface area contributed by atoms with Gasteiger partial charge in [0.15, 0.2) is 5.78 Å². The minimum atomic E-state index is -0.455. The molecule has 4 saturated carbocycles. The first-order valence-electron chi connectivity index (χ1n) is 11.5. The minimum Gasteiger partial charge on any atom is -0.458 e. The van der Waals surface area contributed by atoms with Gasteiger partial charge >= 0.3 is 5.97 Å². The lowest BCUT2D eigenvalue weighted by Crippen LogP contribution is -2.60. The molecule has 0 aromatic heterocycles. The van der Waals surface area contributed by atoms with E-state index in [1.54, 1.807) is 7.11 Å². The maximum Gasteiger partial charge on any atom is 0.303 e. The lowest BCUT2D eigenvalue weighted by molar-refractivity contribution is -0.177. The number of ether oxygens (including phenoxy) is 2. The first kappa shape index (κ1) is 21.9. The number of methoxy groups -OCH3 is 1. The largest absolute Gasteiger partial charge is 0.458 e. The van der Waals surface area contributed by atoms with E-state index < -0.39 is 12.1 Å². The van der Waals surface area contributed by atoms with Crippen molar-refractivity contribution in [3.63, 3.8) is 0 Å². The molecule has 30 heavy (non-hydrogen) atoms. The van der Waals surface area contributed by atoms with Gasteiger partial charge in [0.25, 0.3) is 0 Å². The lowest BCUT2D eigenvalue weighted by Gasteiger charge is -2.60. The SMILES string of the molecule is CO[C@H]1C[C@@]2(C)[C@@H](CC[C@H]3[C@@H]4CC[C@H](C(=O)COC(C)=O)[C@@]4(C)CC(=O)[C@@H]32)C[C@@H]1O. The Morgan fingerprint density at radius 2 is 1.87 bits per heavy atom. The van der Waals surface area contributed by atoms with Gasteiger partial charge in [-0.1, -0.05) is 13.8 Å². The van der Waals surface area contributed by atoms with Crippen molar-refractivity contribution < 1.29 is 29.0 Å². The van der Waals surface area contributed by atoms with Gasteiger partial charge < -0.3 is 14.6 Å². The van der Waals surface area contributed by atoms with Crippen LogP contribution in [-0.4, -0.2) is 48.6 Å². The molecule has 0 radical (unpaired) electrons. The molecule has 9 atom stereocenters. The molecule has 0 heterocycles. The van der Waals surface area contributed by atoms with Crippen LogP contribution in [0.4, 0.5) is 0 Å². The summed E-state index contributed by atoms with van der Waals surface area (Å²) in [5.41, 5.74) is -0.491. The highest BCUT2D eigenvalue weighted by atomic mass is 16.5. The zero-order valence-corrected chi connectivity index (χ0v) is 18.7. The Morgan fingerprint density at radius 1 is 1.13 bits per heavy atom. The van der Waals surface area contributed by atoms with Crippen molar-refractivity contribution in [1.82, 2.24) is 0 Å². The van der Waals surface area contributed by atoms with Gasteiger partial charge in [0.05, 0.1) is 12.2 Å². The number of aliphatic hydroxyl groups excluding tert-OH is 1. The highest BCUT2D eigenvalue weighted by Crippen LogP contribution is 2.66. The topological polar surface area (TPSA) is 89.9 Å². The number of aliphatic hydroxyl groups is 1. The second-order valence-corrected chi connectivity index (χ2v) is 10.8. The van der Waals surface area contributed by atoms with Gasteiger partial charge in [-0.05, 0) is 67.1 Å². The van der Waals surface area contributed by atoms with Crippen LogP contribution in [-0.2, 0) is 23.9 Å². The molecule has 168 valence electrons. The minimum absolute atomic E-state index is 0.0122. The predicted octanol–water partition coefficient (Wildman–Crippen LogP) is 2.94. The Hall–Kier alpha value is -1.27. The van der Waals surface area contributed by atoms with Gasteiger partial charge in [0, 0.05) is 32.3 Å². The van der Waals surface area contributed by atoms with Crippen LogP contribution in [0.1, 0.15) is 65.7 Å². The average molecular weight is 421 g/mol. The molecule has 4 rings (SSSR count). The number of carbonyl (C=O) groups is 3. The highest BCUT2D eigenvalue weighted by molar-refractivity contribution is 5.89. The number of hydrogen-bond acceptors (Lipinski definition) is 6. The van der Waals surface area contributed by atoms with Gasteiger partial charge in [-0.3, -0.25) is 14.4 Å². The molecule has 6 heteroatoms. The molecule has 6 nitrogen and oxygen atoms in total. The molecule has 4 aliphatic rings. The summed E-state index contributed by atoms with van der Waals surface area (Å²) < 4.78 is 10.6. The normalized spacial score (nSPS) is 47.8. The summed E-state index contributed by atoms with van der Waals surface area (Å²) in [4.78, 5) is 37.7. The van der Waals surface area contributed by atoms with E-state index in [9.17, 15) is 19.5 Å². The maximum atomic E-state index is 13.6. The fourth-order valence-corrected chi connectivity index (χ4v) is 8.12. The van der Waals surface area contributed by atoms with E-state index in [2.05, 4.69) is 13.8 Å². The molecule has 0 aromatic carbocycles. The number of hydrogen-bond donors (Lipinski definition) is 1. The molecule has 0 amide bonds. The summed E-state index contributed by atoms with van der Waals surface area (Å²) in [6.07, 6.45) is 4.94. The Labute approximate surface area is 179 Å². The summed E-state index contributed by atoms with van der Waals surface area (Å²) >= 11 is 0. The van der Waals surface area contributed by atoms with E-state index in [0.717, 1.165) is 32.1 Å². The van der Waals surface area contributed by atoms with Crippen LogP contribution in [0.25, 0.3) is 0 Å². The maximum absolute atomic E-state index is 13.6. The number of carbonyl (C=O) groups excluding carboxylic acids is 3. The van der Waals surface area contributed by atoms with Crippen molar-refractivity contribution >= 4 is 17.5 Å². The van der Waals surface area contributed by atoms with E-state index in [0.29, 0.717) is 24.7 Å². The Bertz CT molecular complexity index is 733. The van der Waals surface area contributed by atoms with E-state index >= 15 is 0 Å². The van der Waals surface area contributed by atoms with Crippen molar-refractivity contribution in [2.24, 2.45) is 40.4 Å². The van der Waals surface area contributed by atoms with Crippen molar-refractivity contribution in [3.8, 4) is 0 Å². The Balaban J connectivity index is 1.59. The van der Waals surface area contributed by atoms with Crippen molar-refractivity contribution in [2.75, 3.05) is 13.7 Å². The first-order valence-corrected chi connectivity index (χ1v) is 11.5. The van der Waals surface area contributed by atoms with Gasteiger partial charge in [-0.15, -0.1) is 0 Å². The monoisotopic (exact) mass is 420 g/mol. The lowest BCUT2D eigenvalue weighted by atomic mass is 9.44. The summed E-state index contributed by atoms with van der Waals surface area (Å²) in [5.74, 6) is 0.552. The van der Waals surface area contributed by atoms with Gasteiger partial charge in [0.2, 0.25) is 0 Å². The van der Waals surface area contributed by atoms with Crippen LogP contribution in [0.2, 0.25) is 0 Å². The van der Waals surface area contributed by atoms with E-state index in [-0.39, 0.29) is 52.9 Å². The van der Waals surface area contributed by atoms with Crippen LogP contribution in [0.15, 0.2) is 0 Å². The number of rotatable bonds is 4. The van der Waals surface area contributed by atoms with E-state index in [4.69, 9.17) is 9.47 Å². The molecule has 0 aromatic rings. The third-order valence-corrected chi connectivity index (χ3v) is 9.45. The van der Waals surface area contributed by atoms with Crippen LogP contribution < -0.4 is 0 Å². The molecule has 4 aliphatic carbocycles. The first-order chi connectivity index (χ1) is 14.1. The van der Waals surface area contributed by atoms with Crippen LogP contribution in [0.3, 0.4) is 0 Å². The Morgan fingerprint density at radius 3 is 2.53 bits per heavy atom. The fourth-order valence-electron chi connectivity index (χ4n) is 8.12. The zero-order chi connectivity index (χ0) is 21.8. The molecule has 0 saturated heterocycles. The van der Waals surface area contributed by atoms with Gasteiger partial charge in [-0.25, -0.2) is 0 Å². The number of Topliss-reactive ketones (excluding diaryl/α,β-unsaturated/α-hetero) is 2. The molecule has 0 aliphatic heterocycles. The fraction of sp³-hybridized carbons (Fsp3) is 0.875. The Kier molecular flexibility index (Phi) is 5.63.